The van der Waals surface area contributed by atoms with Crippen molar-refractivity contribution in [2.24, 2.45) is 0 Å². The minimum atomic E-state index is -0.326. The Morgan fingerprint density at radius 2 is 1.93 bits per heavy atom. The molecule has 0 fully saturated rings. The molecule has 4 aromatic rings. The van der Waals surface area contributed by atoms with Crippen LogP contribution in [0.5, 0.6) is 11.5 Å². The second-order valence-corrected chi connectivity index (χ2v) is 9.56. The second-order valence-electron chi connectivity index (χ2n) is 9.56. The van der Waals surface area contributed by atoms with Crippen LogP contribution in [0.3, 0.4) is 0 Å². The molecule has 11 heteroatoms. The van der Waals surface area contributed by atoms with E-state index in [0.29, 0.717) is 54.3 Å². The van der Waals surface area contributed by atoms with Gasteiger partial charge in [-0.3, -0.25) is 4.79 Å². The topological polar surface area (TPSA) is 115 Å². The normalized spacial score (nSPS) is 11.8. The van der Waals surface area contributed by atoms with Crippen molar-refractivity contribution in [3.63, 3.8) is 0 Å². The summed E-state index contributed by atoms with van der Waals surface area (Å²) in [7, 11) is 7.26. The molecule has 0 radical (unpaired) electrons. The molecule has 2 aromatic heterocycles. The lowest BCUT2D eigenvalue weighted by molar-refractivity contribution is -0.111. The van der Waals surface area contributed by atoms with Crippen LogP contribution < -0.4 is 25.4 Å². The quantitative estimate of drug-likeness (QED) is 0.150. The molecule has 2 heterocycles. The molecule has 11 nitrogen and oxygen atoms in total. The van der Waals surface area contributed by atoms with Crippen molar-refractivity contribution in [1.82, 2.24) is 19.4 Å². The van der Waals surface area contributed by atoms with E-state index in [1.807, 2.05) is 61.3 Å². The van der Waals surface area contributed by atoms with Gasteiger partial charge in [-0.05, 0) is 57.4 Å². The van der Waals surface area contributed by atoms with Gasteiger partial charge >= 0.3 is 0 Å². The van der Waals surface area contributed by atoms with E-state index in [1.54, 1.807) is 26.5 Å². The third-order valence-corrected chi connectivity index (χ3v) is 6.62. The first-order chi connectivity index (χ1) is 19.8. The molecule has 0 saturated carbocycles. The van der Waals surface area contributed by atoms with Gasteiger partial charge in [0.25, 0.3) is 0 Å². The van der Waals surface area contributed by atoms with E-state index >= 15 is 0 Å². The summed E-state index contributed by atoms with van der Waals surface area (Å²) >= 11 is 0. The lowest BCUT2D eigenvalue weighted by Crippen LogP contribution is -2.31. The van der Waals surface area contributed by atoms with Gasteiger partial charge < -0.3 is 39.6 Å². The minimum absolute atomic E-state index is 0.260. The van der Waals surface area contributed by atoms with Gasteiger partial charge in [-0.1, -0.05) is 12.6 Å². The maximum atomic E-state index is 12.2. The zero-order valence-corrected chi connectivity index (χ0v) is 24.1. The lowest BCUT2D eigenvalue weighted by Gasteiger charge is -2.23. The van der Waals surface area contributed by atoms with Crippen LogP contribution in [0.4, 0.5) is 23.0 Å². The standard InChI is InChI=1S/C30H37N7O4/c1-7-29(38)33-23-17-24(27(40-6)18-22(23)32-19-20(2)36(3)4)34-30-31-13-11-28(35-30)37-14-12-21-25(37)9-8-10-26(21)41-16-15-39-5/h7-14,17-18,20,32H,1,15-16,19H2,2-6H3,(H,33,38)(H,31,34,35). The molecule has 2 aromatic carbocycles. The molecular formula is C30H37N7O4. The first kappa shape index (κ1) is 29.4. The van der Waals surface area contributed by atoms with Gasteiger partial charge in [-0.25, -0.2) is 4.98 Å². The molecule has 0 aliphatic rings. The van der Waals surface area contributed by atoms with Gasteiger partial charge in [0.2, 0.25) is 11.9 Å². The number of aromatic nitrogens is 3. The molecule has 3 N–H and O–H groups in total. The molecule has 0 aliphatic carbocycles. The number of rotatable bonds is 14. The Kier molecular flexibility index (Phi) is 9.77. The van der Waals surface area contributed by atoms with Gasteiger partial charge in [0.15, 0.2) is 0 Å². The third-order valence-electron chi connectivity index (χ3n) is 6.62. The number of hydrogen-bond donors (Lipinski definition) is 3. The maximum absolute atomic E-state index is 12.2. The number of amides is 1. The first-order valence-electron chi connectivity index (χ1n) is 13.2. The summed E-state index contributed by atoms with van der Waals surface area (Å²) in [4.78, 5) is 23.5. The Morgan fingerprint density at radius 3 is 2.66 bits per heavy atom. The highest BCUT2D eigenvalue weighted by molar-refractivity contribution is 6.02. The number of carbonyl (C=O) groups excluding carboxylic acids is 1. The number of hydrogen-bond acceptors (Lipinski definition) is 9. The van der Waals surface area contributed by atoms with Crippen LogP contribution in [0.1, 0.15) is 6.92 Å². The number of likely N-dealkylation sites (N-methyl/N-ethyl adjacent to an activating group) is 1. The van der Waals surface area contributed by atoms with Crippen molar-refractivity contribution >= 4 is 39.8 Å². The molecule has 0 bridgehead atoms. The Hall–Kier alpha value is -4.61. The van der Waals surface area contributed by atoms with Gasteiger partial charge in [-0.2, -0.15) is 4.98 Å². The summed E-state index contributed by atoms with van der Waals surface area (Å²) in [6, 6.07) is 13.6. The lowest BCUT2D eigenvalue weighted by atomic mass is 10.2. The molecule has 0 saturated heterocycles. The zero-order valence-electron chi connectivity index (χ0n) is 24.1. The number of benzene rings is 2. The Bertz CT molecular complexity index is 1500. The highest BCUT2D eigenvalue weighted by Gasteiger charge is 2.16. The predicted molar refractivity (Wildman–Crippen MR) is 163 cm³/mol. The summed E-state index contributed by atoms with van der Waals surface area (Å²) < 4.78 is 18.7. The van der Waals surface area contributed by atoms with E-state index in [0.717, 1.165) is 16.7 Å². The Labute approximate surface area is 240 Å². The fourth-order valence-corrected chi connectivity index (χ4v) is 4.08. The van der Waals surface area contributed by atoms with Crippen LogP contribution in [-0.4, -0.2) is 79.5 Å². The fourth-order valence-electron chi connectivity index (χ4n) is 4.08. The van der Waals surface area contributed by atoms with Gasteiger partial charge in [0.05, 0.1) is 36.3 Å². The number of methoxy groups -OCH3 is 2. The number of carbonyl (C=O) groups is 1. The molecular weight excluding hydrogens is 522 g/mol. The first-order valence-corrected chi connectivity index (χ1v) is 13.2. The van der Waals surface area contributed by atoms with Crippen LogP contribution in [0.2, 0.25) is 0 Å². The summed E-state index contributed by atoms with van der Waals surface area (Å²) in [6.07, 6.45) is 4.85. The van der Waals surface area contributed by atoms with E-state index in [2.05, 4.69) is 39.3 Å². The van der Waals surface area contributed by atoms with Gasteiger partial charge in [0.1, 0.15) is 23.9 Å². The summed E-state index contributed by atoms with van der Waals surface area (Å²) in [5.74, 6) is 2.03. The van der Waals surface area contributed by atoms with E-state index in [9.17, 15) is 4.79 Å². The monoisotopic (exact) mass is 559 g/mol. The Balaban J connectivity index is 1.64. The van der Waals surface area contributed by atoms with E-state index in [4.69, 9.17) is 19.2 Å². The van der Waals surface area contributed by atoms with Crippen molar-refractivity contribution in [2.75, 3.05) is 64.0 Å². The van der Waals surface area contributed by atoms with Crippen LogP contribution >= 0.6 is 0 Å². The summed E-state index contributed by atoms with van der Waals surface area (Å²) in [5.41, 5.74) is 2.81. The van der Waals surface area contributed by atoms with Crippen LogP contribution in [-0.2, 0) is 9.53 Å². The number of nitrogens with one attached hydrogen (secondary N) is 3. The molecule has 0 aliphatic heterocycles. The molecule has 41 heavy (non-hydrogen) atoms. The van der Waals surface area contributed by atoms with Crippen LogP contribution in [0.25, 0.3) is 16.7 Å². The molecule has 4 rings (SSSR count). The van der Waals surface area contributed by atoms with Crippen LogP contribution in [0.15, 0.2) is 67.5 Å². The number of nitrogens with zero attached hydrogens (tertiary/aromatic N) is 4. The van der Waals surface area contributed by atoms with Crippen LogP contribution in [0, 0.1) is 0 Å². The maximum Gasteiger partial charge on any atom is 0.247 e. The smallest absolute Gasteiger partial charge is 0.247 e. The van der Waals surface area contributed by atoms with E-state index in [-0.39, 0.29) is 11.9 Å². The van der Waals surface area contributed by atoms with Crippen molar-refractivity contribution < 1.29 is 19.0 Å². The average molecular weight is 560 g/mol. The molecule has 216 valence electrons. The number of fused-ring (bicyclic) bond motifs is 1. The van der Waals surface area contributed by atoms with Crippen molar-refractivity contribution in [1.29, 1.82) is 0 Å². The van der Waals surface area contributed by atoms with Crippen molar-refractivity contribution in [2.45, 2.75) is 13.0 Å². The molecule has 1 amide bonds. The third kappa shape index (κ3) is 7.13. The Morgan fingerprint density at radius 1 is 1.10 bits per heavy atom. The van der Waals surface area contributed by atoms with E-state index in [1.165, 1.54) is 6.08 Å². The summed E-state index contributed by atoms with van der Waals surface area (Å²) in [5, 5.41) is 10.5. The molecule has 1 atom stereocenters. The van der Waals surface area contributed by atoms with Gasteiger partial charge in [-0.15, -0.1) is 0 Å². The molecule has 1 unspecified atom stereocenters. The predicted octanol–water partition coefficient (Wildman–Crippen LogP) is 4.68. The largest absolute Gasteiger partial charge is 0.494 e. The summed E-state index contributed by atoms with van der Waals surface area (Å²) in [6.45, 7) is 7.31. The van der Waals surface area contributed by atoms with E-state index < -0.39 is 0 Å². The zero-order chi connectivity index (χ0) is 29.4. The average Bonchev–Trinajstić information content (AvgIpc) is 3.42. The highest BCUT2D eigenvalue weighted by Crippen LogP contribution is 2.36. The number of anilines is 4. The minimum Gasteiger partial charge on any atom is -0.494 e. The molecule has 0 spiro atoms. The SMILES string of the molecule is C=CC(=O)Nc1cc(Nc2nccc(-n3ccc4c(OCCOC)cccc43)n2)c(OC)cc1NCC(C)N(C)C. The van der Waals surface area contributed by atoms with Gasteiger partial charge in [0, 0.05) is 43.5 Å². The second kappa shape index (κ2) is 13.6. The van der Waals surface area contributed by atoms with Crippen molar-refractivity contribution in [3.8, 4) is 17.3 Å². The van der Waals surface area contributed by atoms with Crippen molar-refractivity contribution in [3.05, 3.63) is 67.5 Å². The highest BCUT2D eigenvalue weighted by atomic mass is 16.5. The fraction of sp³-hybridized carbons (Fsp3) is 0.300. The number of ether oxygens (including phenoxy) is 3.